The summed E-state index contributed by atoms with van der Waals surface area (Å²) < 4.78 is 10.5. The normalized spacial score (nSPS) is 15.1. The number of carbonyl (C=O) groups excluding carboxylic acids is 1. The smallest absolute Gasteiger partial charge is 0.411 e. The Morgan fingerprint density at radius 2 is 1.89 bits per heavy atom. The quantitative estimate of drug-likeness (QED) is 0.340. The second-order valence-electron chi connectivity index (χ2n) is 6.92. The van der Waals surface area contributed by atoms with Gasteiger partial charge in [-0.25, -0.2) is 9.79 Å². The fourth-order valence-corrected chi connectivity index (χ4v) is 3.14. The number of carbonyl (C=O) groups is 1. The van der Waals surface area contributed by atoms with Gasteiger partial charge in [-0.05, 0) is 43.9 Å². The molecule has 0 aromatic heterocycles. The molecule has 1 aromatic rings. The van der Waals surface area contributed by atoms with Crippen LogP contribution in [0.5, 0.6) is 0 Å². The van der Waals surface area contributed by atoms with Crippen molar-refractivity contribution in [2.75, 3.05) is 32.1 Å². The predicted octanol–water partition coefficient (Wildman–Crippen LogP) is 3.66. The van der Waals surface area contributed by atoms with E-state index in [1.165, 1.54) is 39.2 Å². The summed E-state index contributed by atoms with van der Waals surface area (Å²) in [6.45, 7) is 5.06. The molecule has 1 fully saturated rings. The van der Waals surface area contributed by atoms with Crippen LogP contribution in [0.1, 0.15) is 51.0 Å². The van der Waals surface area contributed by atoms with Crippen molar-refractivity contribution in [3.63, 3.8) is 0 Å². The number of aliphatic imine (C=N–C) groups is 1. The first-order valence-corrected chi connectivity index (χ1v) is 10.3. The van der Waals surface area contributed by atoms with E-state index in [9.17, 15) is 4.79 Å². The maximum Gasteiger partial charge on any atom is 0.411 e. The van der Waals surface area contributed by atoms with Crippen LogP contribution < -0.4 is 16.0 Å². The summed E-state index contributed by atoms with van der Waals surface area (Å²) in [6.07, 6.45) is 7.35. The SMILES string of the molecule is CCNC(=NCc1ccc(NC(=O)OC)cc1)NCCCOC1CCCCC1. The maximum absolute atomic E-state index is 11.2. The van der Waals surface area contributed by atoms with Crippen molar-refractivity contribution in [3.8, 4) is 0 Å². The lowest BCUT2D eigenvalue weighted by atomic mass is 9.98. The Morgan fingerprint density at radius 3 is 2.57 bits per heavy atom. The van der Waals surface area contributed by atoms with Gasteiger partial charge in [-0.1, -0.05) is 31.4 Å². The van der Waals surface area contributed by atoms with E-state index in [2.05, 4.69) is 32.6 Å². The van der Waals surface area contributed by atoms with Crippen LogP contribution in [-0.4, -0.2) is 45.0 Å². The van der Waals surface area contributed by atoms with Crippen LogP contribution in [0.3, 0.4) is 0 Å². The molecule has 0 unspecified atom stereocenters. The molecule has 0 heterocycles. The Hall–Kier alpha value is -2.28. The highest BCUT2D eigenvalue weighted by Gasteiger charge is 2.12. The van der Waals surface area contributed by atoms with Crippen molar-refractivity contribution in [1.82, 2.24) is 10.6 Å². The molecule has 0 spiro atoms. The molecule has 28 heavy (non-hydrogen) atoms. The molecule has 0 atom stereocenters. The van der Waals surface area contributed by atoms with Gasteiger partial charge in [-0.3, -0.25) is 5.32 Å². The number of guanidine groups is 1. The molecule has 1 amide bonds. The van der Waals surface area contributed by atoms with E-state index in [-0.39, 0.29) is 0 Å². The number of hydrogen-bond donors (Lipinski definition) is 3. The van der Waals surface area contributed by atoms with Crippen LogP contribution >= 0.6 is 0 Å². The third kappa shape index (κ3) is 8.61. The molecule has 7 heteroatoms. The molecule has 3 N–H and O–H groups in total. The minimum Gasteiger partial charge on any atom is -0.453 e. The van der Waals surface area contributed by atoms with Gasteiger partial charge in [0.1, 0.15) is 0 Å². The van der Waals surface area contributed by atoms with E-state index in [0.717, 1.165) is 37.6 Å². The average molecular weight is 391 g/mol. The molecular weight excluding hydrogens is 356 g/mol. The van der Waals surface area contributed by atoms with Crippen LogP contribution in [0, 0.1) is 0 Å². The van der Waals surface area contributed by atoms with Crippen molar-refractivity contribution in [2.24, 2.45) is 4.99 Å². The minimum absolute atomic E-state index is 0.465. The van der Waals surface area contributed by atoms with E-state index in [1.54, 1.807) is 0 Å². The number of ether oxygens (including phenoxy) is 2. The van der Waals surface area contributed by atoms with Crippen molar-refractivity contribution in [1.29, 1.82) is 0 Å². The lowest BCUT2D eigenvalue weighted by Gasteiger charge is -2.22. The van der Waals surface area contributed by atoms with E-state index < -0.39 is 6.09 Å². The number of anilines is 1. The number of methoxy groups -OCH3 is 1. The third-order valence-corrected chi connectivity index (χ3v) is 4.67. The van der Waals surface area contributed by atoms with Crippen molar-refractivity contribution >= 4 is 17.7 Å². The minimum atomic E-state index is -0.475. The standard InChI is InChI=1S/C21H34N4O3/c1-3-22-20(23-14-7-15-28-19-8-5-4-6-9-19)24-16-17-10-12-18(13-11-17)25-21(26)27-2/h10-13,19H,3-9,14-16H2,1-2H3,(H,25,26)(H2,22,23,24). The van der Waals surface area contributed by atoms with Crippen LogP contribution in [0.25, 0.3) is 0 Å². The van der Waals surface area contributed by atoms with Gasteiger partial charge in [0.05, 0.1) is 19.8 Å². The molecule has 0 bridgehead atoms. The zero-order valence-corrected chi connectivity index (χ0v) is 17.1. The van der Waals surface area contributed by atoms with Crippen molar-refractivity contribution in [3.05, 3.63) is 29.8 Å². The molecule has 1 aromatic carbocycles. The number of amides is 1. The van der Waals surface area contributed by atoms with Gasteiger partial charge in [0.15, 0.2) is 5.96 Å². The lowest BCUT2D eigenvalue weighted by molar-refractivity contribution is 0.0277. The summed E-state index contributed by atoms with van der Waals surface area (Å²) in [5.74, 6) is 0.803. The topological polar surface area (TPSA) is 84.0 Å². The molecule has 156 valence electrons. The summed E-state index contributed by atoms with van der Waals surface area (Å²) in [5, 5.41) is 9.26. The highest BCUT2D eigenvalue weighted by molar-refractivity contribution is 5.84. The fourth-order valence-electron chi connectivity index (χ4n) is 3.14. The van der Waals surface area contributed by atoms with Crippen LogP contribution in [0.4, 0.5) is 10.5 Å². The summed E-state index contributed by atoms with van der Waals surface area (Å²) in [7, 11) is 1.34. The first-order chi connectivity index (χ1) is 13.7. The molecule has 1 aliphatic rings. The summed E-state index contributed by atoms with van der Waals surface area (Å²) in [4.78, 5) is 15.8. The number of nitrogens with one attached hydrogen (secondary N) is 3. The Kier molecular flexibility index (Phi) is 10.2. The van der Waals surface area contributed by atoms with Gasteiger partial charge in [-0.15, -0.1) is 0 Å². The molecule has 1 aliphatic carbocycles. The largest absolute Gasteiger partial charge is 0.453 e. The third-order valence-electron chi connectivity index (χ3n) is 4.67. The first kappa shape index (κ1) is 22.0. The number of nitrogens with zero attached hydrogens (tertiary/aromatic N) is 1. The van der Waals surface area contributed by atoms with Gasteiger partial charge in [0, 0.05) is 25.4 Å². The number of hydrogen-bond acceptors (Lipinski definition) is 4. The zero-order valence-electron chi connectivity index (χ0n) is 17.1. The zero-order chi connectivity index (χ0) is 20.0. The van der Waals surface area contributed by atoms with E-state index in [0.29, 0.717) is 18.3 Å². The van der Waals surface area contributed by atoms with Gasteiger partial charge in [-0.2, -0.15) is 0 Å². The van der Waals surface area contributed by atoms with Gasteiger partial charge < -0.3 is 20.1 Å². The molecule has 0 radical (unpaired) electrons. The average Bonchev–Trinajstić information content (AvgIpc) is 2.73. The van der Waals surface area contributed by atoms with Gasteiger partial charge >= 0.3 is 6.09 Å². The van der Waals surface area contributed by atoms with E-state index in [4.69, 9.17) is 4.74 Å². The molecule has 0 saturated heterocycles. The Balaban J connectivity index is 1.71. The Labute approximate surface area is 168 Å². The van der Waals surface area contributed by atoms with Gasteiger partial charge in [0.25, 0.3) is 0 Å². The molecule has 2 rings (SSSR count). The summed E-state index contributed by atoms with van der Waals surface area (Å²) >= 11 is 0. The highest BCUT2D eigenvalue weighted by atomic mass is 16.5. The Morgan fingerprint density at radius 1 is 1.14 bits per heavy atom. The summed E-state index contributed by atoms with van der Waals surface area (Å²) in [6, 6.07) is 7.56. The predicted molar refractivity (Wildman–Crippen MR) is 113 cm³/mol. The second kappa shape index (κ2) is 13.0. The monoisotopic (exact) mass is 390 g/mol. The van der Waals surface area contributed by atoms with Crippen LogP contribution in [0.2, 0.25) is 0 Å². The van der Waals surface area contributed by atoms with Crippen molar-refractivity contribution in [2.45, 2.75) is 58.1 Å². The molecule has 7 nitrogen and oxygen atoms in total. The summed E-state index contributed by atoms with van der Waals surface area (Å²) in [5.41, 5.74) is 1.76. The van der Waals surface area contributed by atoms with Crippen molar-refractivity contribution < 1.29 is 14.3 Å². The number of rotatable bonds is 9. The molecule has 0 aliphatic heterocycles. The van der Waals surface area contributed by atoms with E-state index in [1.807, 2.05) is 24.3 Å². The van der Waals surface area contributed by atoms with E-state index >= 15 is 0 Å². The fraction of sp³-hybridized carbons (Fsp3) is 0.619. The molecular formula is C21H34N4O3. The number of benzene rings is 1. The van der Waals surface area contributed by atoms with Crippen LogP contribution in [-0.2, 0) is 16.0 Å². The second-order valence-corrected chi connectivity index (χ2v) is 6.92. The van der Waals surface area contributed by atoms with Crippen LogP contribution in [0.15, 0.2) is 29.3 Å². The lowest BCUT2D eigenvalue weighted by Crippen LogP contribution is -2.38. The first-order valence-electron chi connectivity index (χ1n) is 10.3. The highest BCUT2D eigenvalue weighted by Crippen LogP contribution is 2.20. The van der Waals surface area contributed by atoms with Gasteiger partial charge in [0.2, 0.25) is 0 Å². The molecule has 1 saturated carbocycles. The maximum atomic E-state index is 11.2. The Bertz CT molecular complexity index is 598.